The zero-order valence-electron chi connectivity index (χ0n) is 11.5. The summed E-state index contributed by atoms with van der Waals surface area (Å²) in [7, 11) is 0. The number of hydrogen-bond acceptors (Lipinski definition) is 4. The van der Waals surface area contributed by atoms with Crippen LogP contribution in [0.5, 0.6) is 0 Å². The second kappa shape index (κ2) is 6.80. The third kappa shape index (κ3) is 4.13. The van der Waals surface area contributed by atoms with Crippen molar-refractivity contribution in [3.05, 3.63) is 23.4 Å². The molecule has 2 rings (SSSR count). The van der Waals surface area contributed by atoms with Crippen molar-refractivity contribution in [3.63, 3.8) is 0 Å². The van der Waals surface area contributed by atoms with Gasteiger partial charge in [0, 0.05) is 29.6 Å². The highest BCUT2D eigenvalue weighted by Gasteiger charge is 2.17. The van der Waals surface area contributed by atoms with Gasteiger partial charge in [0.1, 0.15) is 5.82 Å². The highest BCUT2D eigenvalue weighted by Crippen LogP contribution is 2.18. The van der Waals surface area contributed by atoms with E-state index in [-0.39, 0.29) is 5.91 Å². The molecule has 0 radical (unpaired) electrons. The Hall–Kier alpha value is -1.23. The molecule has 5 heteroatoms. The van der Waals surface area contributed by atoms with Crippen molar-refractivity contribution in [3.8, 4) is 0 Å². The molecule has 0 bridgehead atoms. The Kier molecular flexibility index (Phi) is 5.07. The van der Waals surface area contributed by atoms with Gasteiger partial charge < -0.3 is 10.6 Å². The van der Waals surface area contributed by atoms with Gasteiger partial charge in [-0.1, -0.05) is 0 Å². The number of thioether (sulfide) groups is 1. The van der Waals surface area contributed by atoms with Crippen molar-refractivity contribution in [1.82, 2.24) is 10.3 Å². The SMILES string of the molecule is CCNc1cc(C(=O)NC2CCCSC2)cc(C)n1. The molecule has 0 aliphatic carbocycles. The fourth-order valence-corrected chi connectivity index (χ4v) is 3.27. The number of carbonyl (C=O) groups excluding carboxylic acids is 1. The molecule has 1 fully saturated rings. The highest BCUT2D eigenvalue weighted by atomic mass is 32.2. The summed E-state index contributed by atoms with van der Waals surface area (Å²) in [6.45, 7) is 4.73. The van der Waals surface area contributed by atoms with E-state index in [1.54, 1.807) is 0 Å². The highest BCUT2D eigenvalue weighted by molar-refractivity contribution is 7.99. The molecule has 19 heavy (non-hydrogen) atoms. The molecule has 104 valence electrons. The number of hydrogen-bond donors (Lipinski definition) is 2. The Balaban J connectivity index is 2.05. The maximum atomic E-state index is 12.2. The predicted octanol–water partition coefficient (Wildman–Crippen LogP) is 2.45. The van der Waals surface area contributed by atoms with E-state index in [0.717, 1.165) is 30.2 Å². The second-order valence-electron chi connectivity index (χ2n) is 4.80. The van der Waals surface area contributed by atoms with Crippen LogP contribution < -0.4 is 10.6 Å². The van der Waals surface area contributed by atoms with Crippen LogP contribution >= 0.6 is 11.8 Å². The maximum absolute atomic E-state index is 12.2. The number of carbonyl (C=O) groups is 1. The van der Waals surface area contributed by atoms with E-state index < -0.39 is 0 Å². The van der Waals surface area contributed by atoms with Gasteiger partial charge in [-0.3, -0.25) is 4.79 Å². The fourth-order valence-electron chi connectivity index (χ4n) is 2.19. The van der Waals surface area contributed by atoms with Gasteiger partial charge in [0.25, 0.3) is 5.91 Å². The topological polar surface area (TPSA) is 54.0 Å². The quantitative estimate of drug-likeness (QED) is 0.889. The molecule has 2 heterocycles. The molecule has 0 aromatic carbocycles. The standard InChI is InChI=1S/C14H21N3OS/c1-3-15-13-8-11(7-10(2)16-13)14(18)17-12-5-4-6-19-9-12/h7-8,12H,3-6,9H2,1-2H3,(H,15,16)(H,17,18). The first-order valence-electron chi connectivity index (χ1n) is 6.80. The van der Waals surface area contributed by atoms with Crippen molar-refractivity contribution in [2.24, 2.45) is 0 Å². The molecule has 1 amide bonds. The summed E-state index contributed by atoms with van der Waals surface area (Å²) in [5.74, 6) is 3.02. The monoisotopic (exact) mass is 279 g/mol. The van der Waals surface area contributed by atoms with E-state index in [1.165, 1.54) is 12.2 Å². The Morgan fingerprint density at radius 1 is 1.53 bits per heavy atom. The number of nitrogens with one attached hydrogen (secondary N) is 2. The van der Waals surface area contributed by atoms with Gasteiger partial charge in [-0.15, -0.1) is 0 Å². The Morgan fingerprint density at radius 2 is 2.37 bits per heavy atom. The molecule has 1 aliphatic heterocycles. The summed E-state index contributed by atoms with van der Waals surface area (Å²) in [5.41, 5.74) is 1.56. The minimum absolute atomic E-state index is 0.0113. The lowest BCUT2D eigenvalue weighted by molar-refractivity contribution is 0.0938. The normalized spacial score (nSPS) is 18.9. The van der Waals surface area contributed by atoms with Crippen LogP contribution in [0.2, 0.25) is 0 Å². The van der Waals surface area contributed by atoms with Crippen molar-refractivity contribution < 1.29 is 4.79 Å². The molecule has 1 unspecified atom stereocenters. The Bertz CT molecular complexity index is 444. The van der Waals surface area contributed by atoms with Crippen molar-refractivity contribution >= 4 is 23.5 Å². The summed E-state index contributed by atoms with van der Waals surface area (Å²) in [4.78, 5) is 16.6. The summed E-state index contributed by atoms with van der Waals surface area (Å²) in [6, 6.07) is 3.97. The van der Waals surface area contributed by atoms with E-state index in [1.807, 2.05) is 37.7 Å². The zero-order chi connectivity index (χ0) is 13.7. The second-order valence-corrected chi connectivity index (χ2v) is 5.95. The molecule has 1 aromatic heterocycles. The molecular weight excluding hydrogens is 258 g/mol. The average Bonchev–Trinajstić information content (AvgIpc) is 2.39. The summed E-state index contributed by atoms with van der Waals surface area (Å²) in [6.07, 6.45) is 2.27. The first kappa shape index (κ1) is 14.2. The summed E-state index contributed by atoms with van der Waals surface area (Å²) < 4.78 is 0. The van der Waals surface area contributed by atoms with Crippen LogP contribution in [-0.4, -0.2) is 35.0 Å². The Labute approximate surface area is 118 Å². The van der Waals surface area contributed by atoms with E-state index in [9.17, 15) is 4.79 Å². The van der Waals surface area contributed by atoms with Gasteiger partial charge in [-0.25, -0.2) is 4.98 Å². The molecular formula is C14H21N3OS. The third-order valence-corrected chi connectivity index (χ3v) is 4.28. The Morgan fingerprint density at radius 3 is 3.05 bits per heavy atom. The van der Waals surface area contributed by atoms with Gasteiger partial charge in [-0.05, 0) is 44.6 Å². The molecule has 1 saturated heterocycles. The van der Waals surface area contributed by atoms with E-state index >= 15 is 0 Å². The van der Waals surface area contributed by atoms with Crippen LogP contribution in [0, 0.1) is 6.92 Å². The lowest BCUT2D eigenvalue weighted by Crippen LogP contribution is -2.38. The van der Waals surface area contributed by atoms with Gasteiger partial charge in [0.15, 0.2) is 0 Å². The largest absolute Gasteiger partial charge is 0.370 e. The van der Waals surface area contributed by atoms with Gasteiger partial charge in [0.05, 0.1) is 0 Å². The molecule has 4 nitrogen and oxygen atoms in total. The van der Waals surface area contributed by atoms with E-state index in [0.29, 0.717) is 11.6 Å². The molecule has 1 atom stereocenters. The first-order valence-corrected chi connectivity index (χ1v) is 7.95. The van der Waals surface area contributed by atoms with Crippen LogP contribution in [-0.2, 0) is 0 Å². The summed E-state index contributed by atoms with van der Waals surface area (Å²) >= 11 is 1.92. The van der Waals surface area contributed by atoms with E-state index in [2.05, 4.69) is 15.6 Å². The third-order valence-electron chi connectivity index (χ3n) is 3.07. The van der Waals surface area contributed by atoms with Crippen LogP contribution in [0.15, 0.2) is 12.1 Å². The van der Waals surface area contributed by atoms with E-state index in [4.69, 9.17) is 0 Å². The lowest BCUT2D eigenvalue weighted by atomic mass is 10.1. The number of amides is 1. The average molecular weight is 279 g/mol. The van der Waals surface area contributed by atoms with Crippen LogP contribution in [0.1, 0.15) is 35.8 Å². The number of anilines is 1. The molecule has 1 aromatic rings. The minimum Gasteiger partial charge on any atom is -0.370 e. The van der Waals surface area contributed by atoms with Crippen molar-refractivity contribution in [1.29, 1.82) is 0 Å². The van der Waals surface area contributed by atoms with Gasteiger partial charge >= 0.3 is 0 Å². The number of rotatable bonds is 4. The van der Waals surface area contributed by atoms with Crippen LogP contribution in [0.3, 0.4) is 0 Å². The number of nitrogens with zero attached hydrogens (tertiary/aromatic N) is 1. The summed E-state index contributed by atoms with van der Waals surface area (Å²) in [5, 5.41) is 6.27. The molecule has 1 aliphatic rings. The van der Waals surface area contributed by atoms with Crippen molar-refractivity contribution in [2.45, 2.75) is 32.7 Å². The molecule has 0 saturated carbocycles. The van der Waals surface area contributed by atoms with Gasteiger partial charge in [-0.2, -0.15) is 11.8 Å². The minimum atomic E-state index is 0.0113. The van der Waals surface area contributed by atoms with Gasteiger partial charge in [0.2, 0.25) is 0 Å². The molecule has 0 spiro atoms. The lowest BCUT2D eigenvalue weighted by Gasteiger charge is -2.22. The van der Waals surface area contributed by atoms with Crippen molar-refractivity contribution in [2.75, 3.05) is 23.4 Å². The van der Waals surface area contributed by atoms with Crippen LogP contribution in [0.4, 0.5) is 5.82 Å². The number of aryl methyl sites for hydroxylation is 1. The molecule has 2 N–H and O–H groups in total. The number of aromatic nitrogens is 1. The maximum Gasteiger partial charge on any atom is 0.251 e. The fraction of sp³-hybridized carbons (Fsp3) is 0.571. The predicted molar refractivity (Wildman–Crippen MR) is 81.0 cm³/mol. The zero-order valence-corrected chi connectivity index (χ0v) is 12.3. The number of pyridine rings is 1. The van der Waals surface area contributed by atoms with Crippen LogP contribution in [0.25, 0.3) is 0 Å². The smallest absolute Gasteiger partial charge is 0.251 e. The first-order chi connectivity index (χ1) is 9.19.